The van der Waals surface area contributed by atoms with Crippen LogP contribution in [0.25, 0.3) is 0 Å². The number of pyridine rings is 1. The van der Waals surface area contributed by atoms with Crippen LogP contribution in [0.5, 0.6) is 5.75 Å². The summed E-state index contributed by atoms with van der Waals surface area (Å²) < 4.78 is 6.18. The highest BCUT2D eigenvalue weighted by Crippen LogP contribution is 2.43. The van der Waals surface area contributed by atoms with Gasteiger partial charge in [0.05, 0.1) is 11.7 Å². The molecular formula is C17H22ClN5O. The van der Waals surface area contributed by atoms with E-state index in [1.165, 1.54) is 0 Å². The molecule has 0 saturated carbocycles. The first-order valence-corrected chi connectivity index (χ1v) is 8.57. The maximum Gasteiger partial charge on any atom is 0.154 e. The van der Waals surface area contributed by atoms with Crippen molar-refractivity contribution >= 4 is 23.3 Å². The molecule has 2 unspecified atom stereocenters. The van der Waals surface area contributed by atoms with E-state index in [-0.39, 0.29) is 6.04 Å². The number of nitrogens with zero attached hydrogens (tertiary/aromatic N) is 5. The van der Waals surface area contributed by atoms with Crippen molar-refractivity contribution in [2.24, 2.45) is 4.99 Å². The third-order valence-corrected chi connectivity index (χ3v) is 5.48. The predicted molar refractivity (Wildman–Crippen MR) is 96.1 cm³/mol. The summed E-state index contributed by atoms with van der Waals surface area (Å²) >= 11 is 6.54. The molecule has 4 heterocycles. The number of likely N-dealkylation sites (N-methyl/N-ethyl adjacent to an activating group) is 1. The number of piperazine rings is 1. The van der Waals surface area contributed by atoms with Gasteiger partial charge in [-0.2, -0.15) is 0 Å². The van der Waals surface area contributed by atoms with Crippen LogP contribution in [-0.2, 0) is 0 Å². The van der Waals surface area contributed by atoms with E-state index < -0.39 is 0 Å². The molecule has 0 aromatic carbocycles. The number of aliphatic imine (C=N–C) groups is 1. The van der Waals surface area contributed by atoms with E-state index in [0.29, 0.717) is 29.2 Å². The summed E-state index contributed by atoms with van der Waals surface area (Å²) in [6.45, 7) is 10.7. The first-order valence-electron chi connectivity index (χ1n) is 8.20. The summed E-state index contributed by atoms with van der Waals surface area (Å²) in [4.78, 5) is 16.1. The fraction of sp³-hybridized carbons (Fsp3) is 0.529. The minimum atomic E-state index is 0.227. The van der Waals surface area contributed by atoms with E-state index >= 15 is 0 Å². The Hall–Kier alpha value is -1.79. The van der Waals surface area contributed by atoms with Gasteiger partial charge in [0.15, 0.2) is 5.75 Å². The Morgan fingerprint density at radius 2 is 2.04 bits per heavy atom. The Morgan fingerprint density at radius 3 is 2.79 bits per heavy atom. The summed E-state index contributed by atoms with van der Waals surface area (Å²) in [5, 5.41) is 0.572. The van der Waals surface area contributed by atoms with Gasteiger partial charge >= 0.3 is 0 Å². The van der Waals surface area contributed by atoms with Crippen molar-refractivity contribution in [3.63, 3.8) is 0 Å². The summed E-state index contributed by atoms with van der Waals surface area (Å²) in [6, 6.07) is 0.552. The molecule has 1 aromatic rings. The Labute approximate surface area is 147 Å². The average molecular weight is 348 g/mol. The largest absolute Gasteiger partial charge is 0.489 e. The third kappa shape index (κ3) is 2.13. The summed E-state index contributed by atoms with van der Waals surface area (Å²) in [7, 11) is 4.07. The van der Waals surface area contributed by atoms with Gasteiger partial charge in [-0.1, -0.05) is 18.2 Å². The maximum atomic E-state index is 6.54. The molecule has 4 rings (SSSR count). The minimum absolute atomic E-state index is 0.227. The summed E-state index contributed by atoms with van der Waals surface area (Å²) in [5.41, 5.74) is 1.65. The molecule has 3 aliphatic rings. The maximum absolute atomic E-state index is 6.54. The van der Waals surface area contributed by atoms with Crippen molar-refractivity contribution in [2.45, 2.75) is 25.9 Å². The highest BCUT2D eigenvalue weighted by Gasteiger charge is 2.41. The first kappa shape index (κ1) is 15.7. The van der Waals surface area contributed by atoms with Gasteiger partial charge < -0.3 is 19.4 Å². The number of anilines is 1. The van der Waals surface area contributed by atoms with Crippen LogP contribution in [0.1, 0.15) is 18.2 Å². The zero-order valence-corrected chi connectivity index (χ0v) is 15.3. The molecule has 0 N–H and O–H groups in total. The van der Waals surface area contributed by atoms with E-state index in [1.807, 2.05) is 18.9 Å². The lowest BCUT2D eigenvalue weighted by atomic mass is 10.0. The van der Waals surface area contributed by atoms with E-state index in [1.54, 1.807) is 0 Å². The topological polar surface area (TPSA) is 44.2 Å². The lowest BCUT2D eigenvalue weighted by Crippen LogP contribution is -2.60. The van der Waals surface area contributed by atoms with Gasteiger partial charge in [-0.3, -0.25) is 0 Å². The number of aryl methyl sites for hydroxylation is 1. The summed E-state index contributed by atoms with van der Waals surface area (Å²) in [5.74, 6) is 3.08. The third-order valence-electron chi connectivity index (χ3n) is 5.04. The SMILES string of the molecule is C=C1N=C2c3c(nc(C)c(Cl)c3OCC3CN(C)CC(C)N23)N1C. The molecule has 24 heavy (non-hydrogen) atoms. The lowest BCUT2D eigenvalue weighted by molar-refractivity contribution is 0.0766. The second kappa shape index (κ2) is 5.36. The minimum Gasteiger partial charge on any atom is -0.489 e. The molecule has 0 spiro atoms. The fourth-order valence-electron chi connectivity index (χ4n) is 3.90. The quantitative estimate of drug-likeness (QED) is 0.719. The van der Waals surface area contributed by atoms with E-state index in [4.69, 9.17) is 26.3 Å². The van der Waals surface area contributed by atoms with Crippen molar-refractivity contribution in [3.8, 4) is 5.75 Å². The van der Waals surface area contributed by atoms with Crippen LogP contribution in [0.15, 0.2) is 17.4 Å². The van der Waals surface area contributed by atoms with Crippen molar-refractivity contribution < 1.29 is 4.74 Å². The number of ether oxygens (including phenoxy) is 1. The van der Waals surface area contributed by atoms with Crippen LogP contribution in [0.2, 0.25) is 5.02 Å². The van der Waals surface area contributed by atoms with Crippen LogP contribution in [0, 0.1) is 6.92 Å². The molecule has 6 nitrogen and oxygen atoms in total. The van der Waals surface area contributed by atoms with Gasteiger partial charge in [0.2, 0.25) is 0 Å². The molecule has 0 bridgehead atoms. The van der Waals surface area contributed by atoms with Crippen LogP contribution in [-0.4, -0.2) is 66.5 Å². The number of halogens is 1. The Kier molecular flexibility index (Phi) is 3.51. The second-order valence-corrected chi connectivity index (χ2v) is 7.27. The summed E-state index contributed by atoms with van der Waals surface area (Å²) in [6.07, 6.45) is 0. The zero-order valence-electron chi connectivity index (χ0n) is 14.5. The Morgan fingerprint density at radius 1 is 1.29 bits per heavy atom. The smallest absolute Gasteiger partial charge is 0.154 e. The molecule has 0 radical (unpaired) electrons. The van der Waals surface area contributed by atoms with Gasteiger partial charge in [0.1, 0.15) is 34.7 Å². The lowest BCUT2D eigenvalue weighted by Gasteiger charge is -2.45. The number of rotatable bonds is 0. The highest BCUT2D eigenvalue weighted by molar-refractivity contribution is 6.33. The fourth-order valence-corrected chi connectivity index (χ4v) is 4.09. The van der Waals surface area contributed by atoms with Gasteiger partial charge in [-0.05, 0) is 20.9 Å². The molecule has 1 saturated heterocycles. The predicted octanol–water partition coefficient (Wildman–Crippen LogP) is 2.11. The molecule has 1 fully saturated rings. The Balaban J connectivity index is 1.96. The van der Waals surface area contributed by atoms with Crippen LogP contribution in [0.4, 0.5) is 5.82 Å². The number of amidine groups is 1. The first-order chi connectivity index (χ1) is 11.4. The number of fused-ring (bicyclic) bond motifs is 2. The van der Waals surface area contributed by atoms with Gasteiger partial charge in [-0.15, -0.1) is 0 Å². The van der Waals surface area contributed by atoms with E-state index in [2.05, 4.69) is 30.4 Å². The highest BCUT2D eigenvalue weighted by atomic mass is 35.5. The monoisotopic (exact) mass is 347 g/mol. The average Bonchev–Trinajstić information content (AvgIpc) is 2.67. The van der Waals surface area contributed by atoms with Crippen molar-refractivity contribution in [1.82, 2.24) is 14.8 Å². The standard InChI is InChI=1S/C17H22ClN5O/c1-9-6-21(4)7-12-8-24-15-13-16(19-10(2)14(15)18)22(5)11(3)20-17(13)23(9)12/h9,12H,3,6-8H2,1-2,4-5H3. The van der Waals surface area contributed by atoms with Gasteiger partial charge in [-0.25, -0.2) is 9.98 Å². The second-order valence-electron chi connectivity index (χ2n) is 6.89. The van der Waals surface area contributed by atoms with E-state index in [0.717, 1.165) is 36.0 Å². The molecule has 7 heteroatoms. The van der Waals surface area contributed by atoms with E-state index in [9.17, 15) is 0 Å². The number of hydrogen-bond donors (Lipinski definition) is 0. The molecule has 128 valence electrons. The van der Waals surface area contributed by atoms with Crippen LogP contribution in [0.3, 0.4) is 0 Å². The number of hydrogen-bond acceptors (Lipinski definition) is 6. The zero-order chi connectivity index (χ0) is 17.2. The van der Waals surface area contributed by atoms with Crippen molar-refractivity contribution in [3.05, 3.63) is 28.7 Å². The van der Waals surface area contributed by atoms with Crippen LogP contribution >= 0.6 is 11.6 Å². The normalized spacial score (nSPS) is 26.4. The Bertz CT molecular complexity index is 762. The van der Waals surface area contributed by atoms with Gasteiger partial charge in [0.25, 0.3) is 0 Å². The van der Waals surface area contributed by atoms with Gasteiger partial charge in [0, 0.05) is 26.2 Å². The van der Waals surface area contributed by atoms with Crippen LogP contribution < -0.4 is 9.64 Å². The molecule has 0 aliphatic carbocycles. The molecule has 2 atom stereocenters. The molecule has 0 amide bonds. The van der Waals surface area contributed by atoms with Crippen molar-refractivity contribution in [2.75, 3.05) is 38.7 Å². The molecule has 3 aliphatic heterocycles. The molecule has 1 aromatic heterocycles. The van der Waals surface area contributed by atoms with Crippen molar-refractivity contribution in [1.29, 1.82) is 0 Å². The number of aromatic nitrogens is 1. The molecular weight excluding hydrogens is 326 g/mol.